The standard InChI is InChI=1S/C21H22BrN3OS/c1-3-18(15-6-4-14(2)5-7-15)23-12-20(26)25-21-24-19(13-27-21)16-8-10-17(22)11-9-16/h4-11,13,18,23H,3,12H2,1-2H3,(H,24,25,26). The number of thiazole rings is 1. The van der Waals surface area contributed by atoms with Gasteiger partial charge >= 0.3 is 0 Å². The number of halogens is 1. The van der Waals surface area contributed by atoms with Gasteiger partial charge < -0.3 is 10.6 Å². The molecule has 0 saturated carbocycles. The van der Waals surface area contributed by atoms with E-state index in [0.717, 1.165) is 22.2 Å². The smallest absolute Gasteiger partial charge is 0.240 e. The van der Waals surface area contributed by atoms with Crippen molar-refractivity contribution in [3.8, 4) is 11.3 Å². The number of rotatable bonds is 7. The summed E-state index contributed by atoms with van der Waals surface area (Å²) in [7, 11) is 0. The van der Waals surface area contributed by atoms with Gasteiger partial charge in [-0.1, -0.05) is 64.8 Å². The number of nitrogens with zero attached hydrogens (tertiary/aromatic N) is 1. The molecule has 27 heavy (non-hydrogen) atoms. The second kappa shape index (κ2) is 9.26. The molecule has 0 spiro atoms. The molecule has 0 radical (unpaired) electrons. The van der Waals surface area contributed by atoms with E-state index in [4.69, 9.17) is 0 Å². The van der Waals surface area contributed by atoms with Crippen molar-refractivity contribution >= 4 is 38.3 Å². The third-order valence-corrected chi connectivity index (χ3v) is 5.57. The number of carbonyl (C=O) groups excluding carboxylic acids is 1. The lowest BCUT2D eigenvalue weighted by molar-refractivity contribution is -0.115. The molecular weight excluding hydrogens is 422 g/mol. The van der Waals surface area contributed by atoms with Crippen LogP contribution in [0.15, 0.2) is 58.4 Å². The molecule has 1 unspecified atom stereocenters. The highest BCUT2D eigenvalue weighted by Crippen LogP contribution is 2.26. The lowest BCUT2D eigenvalue weighted by atomic mass is 10.0. The molecule has 1 atom stereocenters. The van der Waals surface area contributed by atoms with E-state index in [0.29, 0.717) is 5.13 Å². The molecule has 140 valence electrons. The van der Waals surface area contributed by atoms with Gasteiger partial charge in [0.2, 0.25) is 5.91 Å². The summed E-state index contributed by atoms with van der Waals surface area (Å²) in [5.41, 5.74) is 4.32. The summed E-state index contributed by atoms with van der Waals surface area (Å²) < 4.78 is 1.03. The average molecular weight is 444 g/mol. The largest absolute Gasteiger partial charge is 0.301 e. The number of benzene rings is 2. The van der Waals surface area contributed by atoms with E-state index in [9.17, 15) is 4.79 Å². The van der Waals surface area contributed by atoms with Gasteiger partial charge in [0.1, 0.15) is 0 Å². The minimum atomic E-state index is -0.0859. The van der Waals surface area contributed by atoms with Crippen LogP contribution in [-0.2, 0) is 4.79 Å². The zero-order valence-corrected chi connectivity index (χ0v) is 17.7. The first-order valence-corrected chi connectivity index (χ1v) is 10.5. The number of hydrogen-bond donors (Lipinski definition) is 2. The molecule has 0 fully saturated rings. The highest BCUT2D eigenvalue weighted by Gasteiger charge is 2.12. The van der Waals surface area contributed by atoms with Crippen LogP contribution >= 0.6 is 27.3 Å². The molecular formula is C21H22BrN3OS. The van der Waals surface area contributed by atoms with Crippen LogP contribution in [-0.4, -0.2) is 17.4 Å². The lowest BCUT2D eigenvalue weighted by Crippen LogP contribution is -2.31. The second-order valence-electron chi connectivity index (χ2n) is 6.35. The van der Waals surface area contributed by atoms with Crippen molar-refractivity contribution in [2.24, 2.45) is 0 Å². The molecule has 2 N–H and O–H groups in total. The summed E-state index contributed by atoms with van der Waals surface area (Å²) >= 11 is 4.86. The normalized spacial score (nSPS) is 12.0. The molecule has 1 heterocycles. The Kier molecular flexibility index (Phi) is 6.77. The maximum atomic E-state index is 12.3. The van der Waals surface area contributed by atoms with Gasteiger partial charge in [0.25, 0.3) is 0 Å². The number of anilines is 1. The fourth-order valence-electron chi connectivity index (χ4n) is 2.76. The van der Waals surface area contributed by atoms with E-state index < -0.39 is 0 Å². The van der Waals surface area contributed by atoms with Gasteiger partial charge in [-0.15, -0.1) is 11.3 Å². The third kappa shape index (κ3) is 5.48. The van der Waals surface area contributed by atoms with E-state index in [1.165, 1.54) is 22.5 Å². The number of amides is 1. The Morgan fingerprint density at radius 3 is 2.52 bits per heavy atom. The number of hydrogen-bond acceptors (Lipinski definition) is 4. The molecule has 0 bridgehead atoms. The number of aromatic nitrogens is 1. The predicted molar refractivity (Wildman–Crippen MR) is 116 cm³/mol. The van der Waals surface area contributed by atoms with Gasteiger partial charge in [-0.2, -0.15) is 0 Å². The molecule has 2 aromatic carbocycles. The lowest BCUT2D eigenvalue weighted by Gasteiger charge is -2.17. The van der Waals surface area contributed by atoms with Crippen LogP contribution in [0.5, 0.6) is 0 Å². The Morgan fingerprint density at radius 2 is 1.85 bits per heavy atom. The Bertz CT molecular complexity index is 891. The average Bonchev–Trinajstić information content (AvgIpc) is 3.12. The number of aryl methyl sites for hydroxylation is 1. The van der Waals surface area contributed by atoms with E-state index in [1.54, 1.807) is 0 Å². The first kappa shape index (κ1) is 19.7. The van der Waals surface area contributed by atoms with Crippen LogP contribution in [0.3, 0.4) is 0 Å². The van der Waals surface area contributed by atoms with E-state index in [-0.39, 0.29) is 18.5 Å². The van der Waals surface area contributed by atoms with Crippen molar-refractivity contribution in [1.29, 1.82) is 0 Å². The molecule has 1 aromatic heterocycles. The topological polar surface area (TPSA) is 54.0 Å². The molecule has 3 rings (SSSR count). The van der Waals surface area contributed by atoms with Gasteiger partial charge in [-0.25, -0.2) is 4.98 Å². The Hall–Kier alpha value is -2.02. The van der Waals surface area contributed by atoms with E-state index in [1.807, 2.05) is 29.6 Å². The predicted octanol–water partition coefficient (Wildman–Crippen LogP) is 5.56. The fraction of sp³-hybridized carbons (Fsp3) is 0.238. The molecule has 3 aromatic rings. The van der Waals surface area contributed by atoms with Crippen LogP contribution in [0, 0.1) is 6.92 Å². The van der Waals surface area contributed by atoms with Crippen molar-refractivity contribution in [2.75, 3.05) is 11.9 Å². The Morgan fingerprint density at radius 1 is 1.15 bits per heavy atom. The van der Waals surface area contributed by atoms with E-state index >= 15 is 0 Å². The van der Waals surface area contributed by atoms with Crippen molar-refractivity contribution in [3.05, 3.63) is 69.5 Å². The van der Waals surface area contributed by atoms with Gasteiger partial charge in [0.05, 0.1) is 12.2 Å². The number of carbonyl (C=O) groups is 1. The van der Waals surface area contributed by atoms with Crippen molar-refractivity contribution < 1.29 is 4.79 Å². The van der Waals surface area contributed by atoms with Gasteiger partial charge in [-0.05, 0) is 31.0 Å². The van der Waals surface area contributed by atoms with Crippen LogP contribution < -0.4 is 10.6 Å². The van der Waals surface area contributed by atoms with Crippen LogP contribution in [0.1, 0.15) is 30.5 Å². The molecule has 0 aliphatic carbocycles. The molecule has 0 aliphatic rings. The first-order chi connectivity index (χ1) is 13.0. The summed E-state index contributed by atoms with van der Waals surface area (Å²) in [5, 5.41) is 8.78. The van der Waals surface area contributed by atoms with Crippen molar-refractivity contribution in [3.63, 3.8) is 0 Å². The molecule has 1 amide bonds. The summed E-state index contributed by atoms with van der Waals surface area (Å²) in [5.74, 6) is -0.0859. The maximum absolute atomic E-state index is 12.3. The van der Waals surface area contributed by atoms with Gasteiger partial charge in [0.15, 0.2) is 5.13 Å². The summed E-state index contributed by atoms with van der Waals surface area (Å²) in [6.45, 7) is 4.43. The Labute approximate surface area is 172 Å². The second-order valence-corrected chi connectivity index (χ2v) is 8.12. The van der Waals surface area contributed by atoms with Gasteiger partial charge in [0, 0.05) is 21.5 Å². The van der Waals surface area contributed by atoms with Gasteiger partial charge in [-0.3, -0.25) is 4.79 Å². The summed E-state index contributed by atoms with van der Waals surface area (Å²) in [6.07, 6.45) is 0.918. The molecule has 4 nitrogen and oxygen atoms in total. The van der Waals surface area contributed by atoms with Crippen molar-refractivity contribution in [1.82, 2.24) is 10.3 Å². The van der Waals surface area contributed by atoms with Crippen LogP contribution in [0.4, 0.5) is 5.13 Å². The maximum Gasteiger partial charge on any atom is 0.240 e. The Balaban J connectivity index is 1.56. The molecule has 0 aliphatic heterocycles. The minimum Gasteiger partial charge on any atom is -0.301 e. The van der Waals surface area contributed by atoms with Crippen LogP contribution in [0.25, 0.3) is 11.3 Å². The van der Waals surface area contributed by atoms with E-state index in [2.05, 4.69) is 69.7 Å². The monoisotopic (exact) mass is 443 g/mol. The quantitative estimate of drug-likeness (QED) is 0.502. The highest BCUT2D eigenvalue weighted by molar-refractivity contribution is 9.10. The van der Waals surface area contributed by atoms with Crippen LogP contribution in [0.2, 0.25) is 0 Å². The highest BCUT2D eigenvalue weighted by atomic mass is 79.9. The SMILES string of the molecule is CCC(NCC(=O)Nc1nc(-c2ccc(Br)cc2)cs1)c1ccc(C)cc1. The zero-order valence-electron chi connectivity index (χ0n) is 15.3. The van der Waals surface area contributed by atoms with Crippen molar-refractivity contribution in [2.45, 2.75) is 26.3 Å². The third-order valence-electron chi connectivity index (χ3n) is 4.29. The first-order valence-electron chi connectivity index (χ1n) is 8.86. The summed E-state index contributed by atoms with van der Waals surface area (Å²) in [4.78, 5) is 16.8. The molecule has 0 saturated heterocycles. The minimum absolute atomic E-state index is 0.0859. The zero-order chi connectivity index (χ0) is 19.2. The summed E-state index contributed by atoms with van der Waals surface area (Å²) in [6, 6.07) is 16.5. The fourth-order valence-corrected chi connectivity index (χ4v) is 3.76. The number of nitrogens with one attached hydrogen (secondary N) is 2. The molecule has 6 heteroatoms.